The highest BCUT2D eigenvalue weighted by atomic mass is 16.5. The molecule has 0 spiro atoms. The number of rotatable bonds is 6. The van der Waals surface area contributed by atoms with Gasteiger partial charge in [0.05, 0.1) is 18.3 Å². The normalized spacial score (nSPS) is 9.90. The van der Waals surface area contributed by atoms with Gasteiger partial charge in [-0.2, -0.15) is 10.4 Å². The minimum absolute atomic E-state index is 0.151. The number of hydrogen-bond donors (Lipinski definition) is 1. The first-order valence-electron chi connectivity index (χ1n) is 6.57. The molecular formula is C15H16N4O2. The number of ether oxygens (including phenoxy) is 1. The van der Waals surface area contributed by atoms with Crippen molar-refractivity contribution in [3.05, 3.63) is 42.2 Å². The van der Waals surface area contributed by atoms with Gasteiger partial charge in [0.2, 0.25) is 5.91 Å². The summed E-state index contributed by atoms with van der Waals surface area (Å²) in [5.74, 6) is 0.400. The summed E-state index contributed by atoms with van der Waals surface area (Å²) in [5.41, 5.74) is 1.62. The summed E-state index contributed by atoms with van der Waals surface area (Å²) in [6.45, 7) is 3.13. The van der Waals surface area contributed by atoms with E-state index in [1.165, 1.54) is 0 Å². The lowest BCUT2D eigenvalue weighted by molar-refractivity contribution is -0.115. The number of hydrogen-bond acceptors (Lipinski definition) is 4. The fourth-order valence-corrected chi connectivity index (χ4v) is 1.76. The van der Waals surface area contributed by atoms with Gasteiger partial charge in [0.1, 0.15) is 18.8 Å². The zero-order valence-corrected chi connectivity index (χ0v) is 11.7. The molecule has 1 aromatic heterocycles. The molecule has 2 aromatic rings. The van der Waals surface area contributed by atoms with E-state index in [1.807, 2.05) is 23.9 Å². The second-order valence-electron chi connectivity index (χ2n) is 4.48. The highest BCUT2D eigenvalue weighted by Gasteiger charge is 2.01. The Hall–Kier alpha value is -2.81. The van der Waals surface area contributed by atoms with Crippen molar-refractivity contribution in [2.45, 2.75) is 19.9 Å². The van der Waals surface area contributed by atoms with Crippen LogP contribution in [0.2, 0.25) is 0 Å². The molecule has 0 unspecified atom stereocenters. The highest BCUT2D eigenvalue weighted by Crippen LogP contribution is 2.15. The molecule has 0 aliphatic rings. The van der Waals surface area contributed by atoms with E-state index in [1.54, 1.807) is 30.3 Å². The van der Waals surface area contributed by atoms with Crippen LogP contribution in [0.3, 0.4) is 0 Å². The highest BCUT2D eigenvalue weighted by molar-refractivity contribution is 5.92. The van der Waals surface area contributed by atoms with Gasteiger partial charge in [-0.3, -0.25) is 9.48 Å². The monoisotopic (exact) mass is 284 g/mol. The molecule has 0 bridgehead atoms. The third-order valence-electron chi connectivity index (χ3n) is 2.74. The van der Waals surface area contributed by atoms with Gasteiger partial charge in [0, 0.05) is 11.9 Å². The fraction of sp³-hybridized carbons (Fsp3) is 0.267. The Morgan fingerprint density at radius 1 is 1.38 bits per heavy atom. The first-order chi connectivity index (χ1) is 10.2. The smallest absolute Gasteiger partial charge is 0.238 e. The van der Waals surface area contributed by atoms with Crippen LogP contribution in [0.15, 0.2) is 36.5 Å². The molecule has 1 aromatic carbocycles. The second kappa shape index (κ2) is 7.10. The van der Waals surface area contributed by atoms with E-state index in [-0.39, 0.29) is 12.3 Å². The maximum absolute atomic E-state index is 11.3. The second-order valence-corrected chi connectivity index (χ2v) is 4.48. The molecule has 0 radical (unpaired) electrons. The van der Waals surface area contributed by atoms with Crippen molar-refractivity contribution < 1.29 is 9.53 Å². The van der Waals surface area contributed by atoms with Crippen molar-refractivity contribution in [2.24, 2.45) is 0 Å². The van der Waals surface area contributed by atoms with Gasteiger partial charge in [-0.25, -0.2) is 0 Å². The Kier molecular flexibility index (Phi) is 4.94. The number of amides is 1. The van der Waals surface area contributed by atoms with Crippen molar-refractivity contribution in [3.8, 4) is 11.8 Å². The number of nitriles is 1. The molecule has 1 N–H and O–H groups in total. The predicted octanol–water partition coefficient (Wildman–Crippen LogP) is 2.12. The molecule has 0 saturated carbocycles. The molecule has 2 rings (SSSR count). The summed E-state index contributed by atoms with van der Waals surface area (Å²) in [7, 11) is 0. The van der Waals surface area contributed by atoms with Gasteiger partial charge >= 0.3 is 0 Å². The summed E-state index contributed by atoms with van der Waals surface area (Å²) >= 11 is 0. The summed E-state index contributed by atoms with van der Waals surface area (Å²) in [5, 5.41) is 15.3. The third-order valence-corrected chi connectivity index (χ3v) is 2.74. The number of benzene rings is 1. The molecule has 6 nitrogen and oxygen atoms in total. The van der Waals surface area contributed by atoms with Crippen LogP contribution in [0.4, 0.5) is 5.69 Å². The molecule has 108 valence electrons. The number of carbonyl (C=O) groups is 1. The number of carbonyl (C=O) groups excluding carboxylic acids is 1. The number of aromatic nitrogens is 2. The Morgan fingerprint density at radius 2 is 2.14 bits per heavy atom. The van der Waals surface area contributed by atoms with E-state index >= 15 is 0 Å². The first kappa shape index (κ1) is 14.6. The summed E-state index contributed by atoms with van der Waals surface area (Å²) in [6.07, 6.45) is 1.76. The van der Waals surface area contributed by atoms with Gasteiger partial charge in [0.15, 0.2) is 0 Å². The van der Waals surface area contributed by atoms with E-state index in [0.29, 0.717) is 18.8 Å². The lowest BCUT2D eigenvalue weighted by Crippen LogP contribution is -2.10. The lowest BCUT2D eigenvalue weighted by atomic mass is 10.3. The Labute approximate surface area is 123 Å². The minimum Gasteiger partial charge on any atom is -0.492 e. The van der Waals surface area contributed by atoms with Crippen molar-refractivity contribution in [1.29, 1.82) is 5.26 Å². The van der Waals surface area contributed by atoms with Crippen LogP contribution in [0.25, 0.3) is 0 Å². The standard InChI is InChI=1S/C15H16N4O2/c1-12-7-9-19(18-12)10-11-21-14-4-2-13(3-5-14)17-15(20)6-8-16/h2-5,7,9H,6,10-11H2,1H3,(H,17,20). The van der Waals surface area contributed by atoms with Crippen LogP contribution in [0.1, 0.15) is 12.1 Å². The van der Waals surface area contributed by atoms with Gasteiger partial charge in [-0.15, -0.1) is 0 Å². The molecule has 1 amide bonds. The molecule has 0 saturated heterocycles. The minimum atomic E-state index is -0.319. The largest absolute Gasteiger partial charge is 0.492 e. The zero-order valence-electron chi connectivity index (χ0n) is 11.7. The molecule has 6 heteroatoms. The van der Waals surface area contributed by atoms with Crippen LogP contribution >= 0.6 is 0 Å². The number of nitrogens with one attached hydrogen (secondary N) is 1. The average molecular weight is 284 g/mol. The molecular weight excluding hydrogens is 268 g/mol. The van der Waals surface area contributed by atoms with Crippen LogP contribution in [0, 0.1) is 18.3 Å². The average Bonchev–Trinajstić information content (AvgIpc) is 2.87. The maximum atomic E-state index is 11.3. The van der Waals surface area contributed by atoms with Crippen LogP contribution in [-0.4, -0.2) is 22.3 Å². The van der Waals surface area contributed by atoms with Crippen LogP contribution < -0.4 is 10.1 Å². The first-order valence-corrected chi connectivity index (χ1v) is 6.57. The predicted molar refractivity (Wildman–Crippen MR) is 77.8 cm³/mol. The summed E-state index contributed by atoms with van der Waals surface area (Å²) < 4.78 is 7.43. The van der Waals surface area contributed by atoms with Gasteiger partial charge in [-0.1, -0.05) is 0 Å². The Bertz CT molecular complexity index is 640. The molecule has 0 aliphatic heterocycles. The summed E-state index contributed by atoms with van der Waals surface area (Å²) in [6, 6.07) is 10.8. The van der Waals surface area contributed by atoms with Crippen molar-refractivity contribution in [2.75, 3.05) is 11.9 Å². The number of anilines is 1. The number of aryl methyl sites for hydroxylation is 1. The van der Waals surface area contributed by atoms with Gasteiger partial charge in [0.25, 0.3) is 0 Å². The molecule has 1 heterocycles. The lowest BCUT2D eigenvalue weighted by Gasteiger charge is -2.08. The van der Waals surface area contributed by atoms with E-state index in [0.717, 1.165) is 11.4 Å². The van der Waals surface area contributed by atoms with Gasteiger partial charge in [-0.05, 0) is 37.3 Å². The van der Waals surface area contributed by atoms with Crippen LogP contribution in [-0.2, 0) is 11.3 Å². The number of nitrogens with zero attached hydrogens (tertiary/aromatic N) is 3. The topological polar surface area (TPSA) is 79.9 Å². The van der Waals surface area contributed by atoms with Crippen molar-refractivity contribution in [1.82, 2.24) is 9.78 Å². The summed E-state index contributed by atoms with van der Waals surface area (Å²) in [4.78, 5) is 11.3. The van der Waals surface area contributed by atoms with Crippen molar-refractivity contribution in [3.63, 3.8) is 0 Å². The molecule has 0 aliphatic carbocycles. The third kappa shape index (κ3) is 4.66. The van der Waals surface area contributed by atoms with Gasteiger partial charge < -0.3 is 10.1 Å². The Balaban J connectivity index is 1.79. The quantitative estimate of drug-likeness (QED) is 0.881. The van der Waals surface area contributed by atoms with Crippen LogP contribution in [0.5, 0.6) is 5.75 Å². The molecule has 0 fully saturated rings. The zero-order chi connectivity index (χ0) is 15.1. The molecule has 21 heavy (non-hydrogen) atoms. The van der Waals surface area contributed by atoms with E-state index in [2.05, 4.69) is 10.4 Å². The maximum Gasteiger partial charge on any atom is 0.238 e. The Morgan fingerprint density at radius 3 is 2.76 bits per heavy atom. The fourth-order valence-electron chi connectivity index (χ4n) is 1.76. The van der Waals surface area contributed by atoms with Crippen molar-refractivity contribution >= 4 is 11.6 Å². The van der Waals surface area contributed by atoms with E-state index in [4.69, 9.17) is 10.00 Å². The molecule has 0 atom stereocenters. The van der Waals surface area contributed by atoms with E-state index in [9.17, 15) is 4.79 Å². The van der Waals surface area contributed by atoms with E-state index < -0.39 is 0 Å². The SMILES string of the molecule is Cc1ccn(CCOc2ccc(NC(=O)CC#N)cc2)n1.